The van der Waals surface area contributed by atoms with E-state index in [-0.39, 0.29) is 0 Å². The summed E-state index contributed by atoms with van der Waals surface area (Å²) in [6, 6.07) is 11.9. The first kappa shape index (κ1) is 12.5. The van der Waals surface area contributed by atoms with E-state index in [1.54, 1.807) is 18.4 Å². The Morgan fingerprint density at radius 3 is 2.70 bits per heavy atom. The van der Waals surface area contributed by atoms with Gasteiger partial charge in [0.2, 0.25) is 11.7 Å². The van der Waals surface area contributed by atoms with Crippen molar-refractivity contribution in [2.75, 3.05) is 5.32 Å². The minimum Gasteiger partial charge on any atom is -0.461 e. The molecule has 0 aliphatic heterocycles. The number of benzene rings is 1. The van der Waals surface area contributed by atoms with E-state index >= 15 is 0 Å². The van der Waals surface area contributed by atoms with Crippen molar-refractivity contribution < 1.29 is 8.94 Å². The largest absolute Gasteiger partial charge is 0.461 e. The minimum atomic E-state index is 0.466. The van der Waals surface area contributed by atoms with Crippen molar-refractivity contribution in [1.82, 2.24) is 10.1 Å². The summed E-state index contributed by atoms with van der Waals surface area (Å²) >= 11 is 0. The molecule has 102 valence electrons. The number of hydrogen-bond donors (Lipinski definition) is 1. The number of aromatic nitrogens is 2. The molecule has 2 heterocycles. The summed E-state index contributed by atoms with van der Waals surface area (Å²) in [6.07, 6.45) is 2.62. The first-order valence-electron chi connectivity index (χ1n) is 6.54. The fraction of sp³-hybridized carbons (Fsp3) is 0.200. The zero-order chi connectivity index (χ0) is 13.8. The van der Waals surface area contributed by atoms with E-state index in [0.29, 0.717) is 24.0 Å². The van der Waals surface area contributed by atoms with E-state index in [1.165, 1.54) is 5.56 Å². The SMILES string of the molecule is CCc1ccc(NCc2nc(-c3ccco3)no2)cc1. The summed E-state index contributed by atoms with van der Waals surface area (Å²) in [5, 5.41) is 7.12. The van der Waals surface area contributed by atoms with E-state index in [9.17, 15) is 0 Å². The lowest BCUT2D eigenvalue weighted by molar-refractivity contribution is 0.382. The number of aryl methyl sites for hydroxylation is 1. The predicted molar refractivity (Wildman–Crippen MR) is 75.1 cm³/mol. The molecule has 3 rings (SSSR count). The van der Waals surface area contributed by atoms with Gasteiger partial charge in [0.25, 0.3) is 0 Å². The first-order valence-corrected chi connectivity index (χ1v) is 6.54. The molecule has 0 aliphatic rings. The third kappa shape index (κ3) is 2.71. The van der Waals surface area contributed by atoms with Gasteiger partial charge in [-0.1, -0.05) is 24.2 Å². The van der Waals surface area contributed by atoms with Crippen LogP contribution in [-0.4, -0.2) is 10.1 Å². The fourth-order valence-electron chi connectivity index (χ4n) is 1.87. The van der Waals surface area contributed by atoms with Gasteiger partial charge >= 0.3 is 0 Å². The molecule has 1 aromatic carbocycles. The average Bonchev–Trinajstić information content (AvgIpc) is 3.16. The van der Waals surface area contributed by atoms with Crippen molar-refractivity contribution >= 4 is 5.69 Å². The molecular weight excluding hydrogens is 254 g/mol. The van der Waals surface area contributed by atoms with Crippen LogP contribution in [-0.2, 0) is 13.0 Å². The lowest BCUT2D eigenvalue weighted by atomic mass is 10.1. The van der Waals surface area contributed by atoms with Gasteiger partial charge in [-0.05, 0) is 36.2 Å². The third-order valence-corrected chi connectivity index (χ3v) is 3.02. The van der Waals surface area contributed by atoms with Gasteiger partial charge in [-0.2, -0.15) is 4.98 Å². The minimum absolute atomic E-state index is 0.466. The van der Waals surface area contributed by atoms with Crippen LogP contribution in [0.15, 0.2) is 51.6 Å². The number of anilines is 1. The molecule has 5 nitrogen and oxygen atoms in total. The molecule has 0 aliphatic carbocycles. The van der Waals surface area contributed by atoms with Crippen molar-refractivity contribution in [3.05, 3.63) is 54.1 Å². The maximum atomic E-state index is 5.22. The first-order chi connectivity index (χ1) is 9.85. The average molecular weight is 269 g/mol. The zero-order valence-electron chi connectivity index (χ0n) is 11.2. The summed E-state index contributed by atoms with van der Waals surface area (Å²) in [6.45, 7) is 2.62. The third-order valence-electron chi connectivity index (χ3n) is 3.02. The van der Waals surface area contributed by atoms with E-state index in [1.807, 2.05) is 12.1 Å². The topological polar surface area (TPSA) is 64.1 Å². The van der Waals surface area contributed by atoms with Crippen LogP contribution in [0.5, 0.6) is 0 Å². The Balaban J connectivity index is 1.63. The van der Waals surface area contributed by atoms with E-state index < -0.39 is 0 Å². The van der Waals surface area contributed by atoms with Crippen LogP contribution in [0.25, 0.3) is 11.6 Å². The Labute approximate surface area is 116 Å². The van der Waals surface area contributed by atoms with Crippen LogP contribution in [0.1, 0.15) is 18.4 Å². The molecule has 0 saturated heterocycles. The lowest BCUT2D eigenvalue weighted by Crippen LogP contribution is -1.99. The second kappa shape index (κ2) is 5.61. The van der Waals surface area contributed by atoms with Crippen LogP contribution < -0.4 is 5.32 Å². The van der Waals surface area contributed by atoms with Gasteiger partial charge in [-0.25, -0.2) is 0 Å². The fourth-order valence-corrected chi connectivity index (χ4v) is 1.87. The number of rotatable bonds is 5. The van der Waals surface area contributed by atoms with Crippen LogP contribution in [0.3, 0.4) is 0 Å². The van der Waals surface area contributed by atoms with Gasteiger partial charge in [0, 0.05) is 5.69 Å². The van der Waals surface area contributed by atoms with Crippen LogP contribution >= 0.6 is 0 Å². The van der Waals surface area contributed by atoms with Gasteiger partial charge in [-0.3, -0.25) is 0 Å². The van der Waals surface area contributed by atoms with Gasteiger partial charge in [0.1, 0.15) is 0 Å². The van der Waals surface area contributed by atoms with E-state index in [4.69, 9.17) is 8.94 Å². The Bertz CT molecular complexity index is 657. The van der Waals surface area contributed by atoms with E-state index in [2.05, 4.69) is 34.5 Å². The summed E-state index contributed by atoms with van der Waals surface area (Å²) in [7, 11) is 0. The number of nitrogens with one attached hydrogen (secondary N) is 1. The highest BCUT2D eigenvalue weighted by Crippen LogP contribution is 2.16. The number of furan rings is 1. The van der Waals surface area contributed by atoms with Crippen molar-refractivity contribution in [3.63, 3.8) is 0 Å². The molecule has 20 heavy (non-hydrogen) atoms. The Morgan fingerprint density at radius 2 is 2.00 bits per heavy atom. The molecule has 5 heteroatoms. The molecule has 2 aromatic heterocycles. The molecule has 1 N–H and O–H groups in total. The van der Waals surface area contributed by atoms with Crippen LogP contribution in [0.4, 0.5) is 5.69 Å². The summed E-state index contributed by atoms with van der Waals surface area (Å²) in [5.41, 5.74) is 2.34. The molecule has 0 bridgehead atoms. The van der Waals surface area contributed by atoms with Crippen molar-refractivity contribution in [1.29, 1.82) is 0 Å². The Morgan fingerprint density at radius 1 is 1.15 bits per heavy atom. The normalized spacial score (nSPS) is 10.7. The molecular formula is C15H15N3O2. The number of hydrogen-bond acceptors (Lipinski definition) is 5. The number of nitrogens with zero attached hydrogens (tertiary/aromatic N) is 2. The Kier molecular flexibility index (Phi) is 3.50. The smallest absolute Gasteiger partial charge is 0.246 e. The quantitative estimate of drug-likeness (QED) is 0.768. The Hall–Kier alpha value is -2.56. The highest BCUT2D eigenvalue weighted by atomic mass is 16.5. The maximum Gasteiger partial charge on any atom is 0.246 e. The summed E-state index contributed by atoms with van der Waals surface area (Å²) < 4.78 is 10.4. The van der Waals surface area contributed by atoms with Gasteiger partial charge in [0.15, 0.2) is 5.76 Å². The molecule has 0 unspecified atom stereocenters. The van der Waals surface area contributed by atoms with Gasteiger partial charge in [0.05, 0.1) is 12.8 Å². The lowest BCUT2D eigenvalue weighted by Gasteiger charge is -2.03. The standard InChI is InChI=1S/C15H15N3O2/c1-2-11-5-7-12(8-6-11)16-10-14-17-15(18-20-14)13-4-3-9-19-13/h3-9,16H,2,10H2,1H3. The highest BCUT2D eigenvalue weighted by molar-refractivity contribution is 5.46. The predicted octanol–water partition coefficient (Wildman–Crippen LogP) is 3.50. The van der Waals surface area contributed by atoms with Crippen LogP contribution in [0.2, 0.25) is 0 Å². The van der Waals surface area contributed by atoms with Crippen LogP contribution in [0, 0.1) is 0 Å². The molecule has 0 spiro atoms. The zero-order valence-corrected chi connectivity index (χ0v) is 11.2. The molecule has 0 amide bonds. The van der Waals surface area contributed by atoms with Crippen molar-refractivity contribution in [3.8, 4) is 11.6 Å². The summed E-state index contributed by atoms with van der Waals surface area (Å²) in [5.74, 6) is 1.59. The second-order valence-electron chi connectivity index (χ2n) is 4.39. The summed E-state index contributed by atoms with van der Waals surface area (Å²) in [4.78, 5) is 4.27. The molecule has 0 saturated carbocycles. The molecule has 0 fully saturated rings. The second-order valence-corrected chi connectivity index (χ2v) is 4.39. The van der Waals surface area contributed by atoms with E-state index in [0.717, 1.165) is 12.1 Å². The maximum absolute atomic E-state index is 5.22. The van der Waals surface area contributed by atoms with Crippen molar-refractivity contribution in [2.24, 2.45) is 0 Å². The monoisotopic (exact) mass is 269 g/mol. The molecule has 0 radical (unpaired) electrons. The molecule has 3 aromatic rings. The van der Waals surface area contributed by atoms with Gasteiger partial charge < -0.3 is 14.3 Å². The molecule has 0 atom stereocenters. The van der Waals surface area contributed by atoms with Gasteiger partial charge in [-0.15, -0.1) is 0 Å². The highest BCUT2D eigenvalue weighted by Gasteiger charge is 2.10. The van der Waals surface area contributed by atoms with Crippen molar-refractivity contribution in [2.45, 2.75) is 19.9 Å².